The maximum Gasteiger partial charge on any atom is -0.0307 e. The molecule has 0 spiro atoms. The average Bonchev–Trinajstić information content (AvgIpc) is 2.43. The van der Waals surface area contributed by atoms with Gasteiger partial charge in [-0.15, -0.1) is 0 Å². The van der Waals surface area contributed by atoms with Crippen LogP contribution in [-0.4, -0.2) is 0 Å². The minimum atomic E-state index is 1.14. The Morgan fingerprint density at radius 3 is 1.95 bits per heavy atom. The first kappa shape index (κ1) is 20.0. The lowest BCUT2D eigenvalue weighted by Gasteiger charge is -1.94. The van der Waals surface area contributed by atoms with Crippen molar-refractivity contribution < 1.29 is 0 Å². The first-order valence-electron chi connectivity index (χ1n) is 7.49. The van der Waals surface area contributed by atoms with Crippen LogP contribution in [0.1, 0.15) is 59.1 Å². The van der Waals surface area contributed by atoms with E-state index < -0.39 is 0 Å². The molecule has 108 valence electrons. The Balaban J connectivity index is 0. The summed E-state index contributed by atoms with van der Waals surface area (Å²) >= 11 is 0. The van der Waals surface area contributed by atoms with Crippen molar-refractivity contribution in [1.29, 1.82) is 0 Å². The van der Waals surface area contributed by atoms with Crippen molar-refractivity contribution >= 4 is 0 Å². The van der Waals surface area contributed by atoms with E-state index in [2.05, 4.69) is 70.2 Å². The standard InChI is InChI=1S/C9H12.C8H14.C2H6/c1-3-9-6-4-8(2)5-7-9;1-4-6-8(3)7-5-2;1-2/h4-7H,3H2,1-2H3;4,6-7H,5H2,1-3H3;1-2H3/b;6-4-,8-7-;. The topological polar surface area (TPSA) is 0 Å². The summed E-state index contributed by atoms with van der Waals surface area (Å²) in [5.74, 6) is 0. The van der Waals surface area contributed by atoms with Crippen LogP contribution >= 0.6 is 0 Å². The van der Waals surface area contributed by atoms with Crippen molar-refractivity contribution in [3.63, 3.8) is 0 Å². The van der Waals surface area contributed by atoms with E-state index in [1.54, 1.807) is 0 Å². The molecule has 1 aromatic carbocycles. The van der Waals surface area contributed by atoms with Crippen molar-refractivity contribution in [2.24, 2.45) is 0 Å². The van der Waals surface area contributed by atoms with E-state index in [0.717, 1.165) is 12.8 Å². The molecule has 0 saturated carbocycles. The molecule has 0 aliphatic carbocycles. The zero-order valence-electron chi connectivity index (χ0n) is 14.0. The molecule has 0 heteroatoms. The highest BCUT2D eigenvalue weighted by Gasteiger charge is 1.84. The maximum absolute atomic E-state index is 2.21. The summed E-state index contributed by atoms with van der Waals surface area (Å²) in [6.07, 6.45) is 8.65. The summed E-state index contributed by atoms with van der Waals surface area (Å²) in [5, 5.41) is 0. The lowest BCUT2D eigenvalue weighted by atomic mass is 10.1. The molecule has 0 amide bonds. The highest BCUT2D eigenvalue weighted by molar-refractivity contribution is 5.20. The molecule has 0 bridgehead atoms. The number of allylic oxidation sites excluding steroid dienone is 4. The minimum absolute atomic E-state index is 1.14. The summed E-state index contributed by atoms with van der Waals surface area (Å²) in [6, 6.07) is 8.66. The largest absolute Gasteiger partial charge is 0.0874 e. The van der Waals surface area contributed by atoms with Crippen molar-refractivity contribution in [1.82, 2.24) is 0 Å². The van der Waals surface area contributed by atoms with Gasteiger partial charge in [0, 0.05) is 0 Å². The molecule has 0 aliphatic heterocycles. The monoisotopic (exact) mass is 260 g/mol. The normalized spacial score (nSPS) is 10.4. The molecule has 0 unspecified atom stereocenters. The van der Waals surface area contributed by atoms with Crippen LogP contribution in [0.2, 0.25) is 0 Å². The number of hydrogen-bond donors (Lipinski definition) is 0. The minimum Gasteiger partial charge on any atom is -0.0874 e. The Labute approximate surface area is 121 Å². The van der Waals surface area contributed by atoms with E-state index in [1.165, 1.54) is 16.7 Å². The second kappa shape index (κ2) is 14.8. The zero-order chi connectivity index (χ0) is 15.1. The van der Waals surface area contributed by atoms with Gasteiger partial charge in [0.25, 0.3) is 0 Å². The first-order valence-corrected chi connectivity index (χ1v) is 7.49. The molecule has 0 saturated heterocycles. The summed E-state index contributed by atoms with van der Waals surface area (Å²) in [6.45, 7) is 14.6. The first-order chi connectivity index (χ1) is 9.13. The quantitative estimate of drug-likeness (QED) is 0.544. The molecular formula is C19H32. The fourth-order valence-electron chi connectivity index (χ4n) is 1.48. The lowest BCUT2D eigenvalue weighted by molar-refractivity contribution is 1.14. The van der Waals surface area contributed by atoms with Gasteiger partial charge in [0.2, 0.25) is 0 Å². The molecule has 0 nitrogen and oxygen atoms in total. The third-order valence-electron chi connectivity index (χ3n) is 2.48. The number of rotatable bonds is 3. The Morgan fingerprint density at radius 1 is 1.05 bits per heavy atom. The summed E-state index contributed by atoms with van der Waals surface area (Å²) < 4.78 is 0. The second-order valence-electron chi connectivity index (χ2n) is 4.20. The van der Waals surface area contributed by atoms with Gasteiger partial charge in [0.05, 0.1) is 0 Å². The summed E-state index contributed by atoms with van der Waals surface area (Å²) in [4.78, 5) is 0. The van der Waals surface area contributed by atoms with Crippen LogP contribution in [0.25, 0.3) is 0 Å². The van der Waals surface area contributed by atoms with Crippen LogP contribution in [0.5, 0.6) is 0 Å². The Bertz CT molecular complexity index is 339. The van der Waals surface area contributed by atoms with Crippen LogP contribution in [0.15, 0.2) is 48.1 Å². The van der Waals surface area contributed by atoms with E-state index in [4.69, 9.17) is 0 Å². The number of hydrogen-bond acceptors (Lipinski definition) is 0. The second-order valence-corrected chi connectivity index (χ2v) is 4.20. The molecule has 0 aromatic heterocycles. The SMILES string of the molecule is C/C=C\C(C)=C/CC.CC.CCc1ccc(C)cc1. The van der Waals surface area contributed by atoms with Gasteiger partial charge in [0.15, 0.2) is 0 Å². The molecule has 0 heterocycles. The van der Waals surface area contributed by atoms with E-state index in [9.17, 15) is 0 Å². The Morgan fingerprint density at radius 2 is 1.58 bits per heavy atom. The van der Waals surface area contributed by atoms with Crippen LogP contribution < -0.4 is 0 Å². The van der Waals surface area contributed by atoms with Gasteiger partial charge in [-0.2, -0.15) is 0 Å². The Hall–Kier alpha value is -1.30. The number of benzene rings is 1. The molecule has 1 aromatic rings. The molecule has 0 N–H and O–H groups in total. The summed E-state index contributed by atoms with van der Waals surface area (Å²) in [7, 11) is 0. The van der Waals surface area contributed by atoms with Crippen molar-refractivity contribution in [2.45, 2.75) is 61.3 Å². The van der Waals surface area contributed by atoms with Gasteiger partial charge in [-0.05, 0) is 39.2 Å². The van der Waals surface area contributed by atoms with Gasteiger partial charge in [-0.3, -0.25) is 0 Å². The van der Waals surface area contributed by atoms with Crippen LogP contribution in [-0.2, 0) is 6.42 Å². The molecule has 0 aliphatic rings. The van der Waals surface area contributed by atoms with E-state index >= 15 is 0 Å². The highest BCUT2D eigenvalue weighted by atomic mass is 13.9. The van der Waals surface area contributed by atoms with Crippen LogP contribution in [0.4, 0.5) is 0 Å². The fraction of sp³-hybridized carbons (Fsp3) is 0.474. The molecule has 0 radical (unpaired) electrons. The Kier molecular flexibility index (Phi) is 15.6. The summed E-state index contributed by atoms with van der Waals surface area (Å²) in [5.41, 5.74) is 4.11. The van der Waals surface area contributed by atoms with Gasteiger partial charge < -0.3 is 0 Å². The predicted molar refractivity (Wildman–Crippen MR) is 90.8 cm³/mol. The smallest absolute Gasteiger partial charge is 0.0307 e. The van der Waals surface area contributed by atoms with E-state index in [0.29, 0.717) is 0 Å². The highest BCUT2D eigenvalue weighted by Crippen LogP contribution is 2.02. The molecular weight excluding hydrogens is 228 g/mol. The molecule has 0 atom stereocenters. The zero-order valence-corrected chi connectivity index (χ0v) is 14.0. The van der Waals surface area contributed by atoms with Gasteiger partial charge in [0.1, 0.15) is 0 Å². The van der Waals surface area contributed by atoms with E-state index in [-0.39, 0.29) is 0 Å². The predicted octanol–water partition coefficient (Wildman–Crippen LogP) is 6.50. The maximum atomic E-state index is 2.21. The fourth-order valence-corrected chi connectivity index (χ4v) is 1.48. The average molecular weight is 260 g/mol. The molecule has 19 heavy (non-hydrogen) atoms. The third kappa shape index (κ3) is 12.9. The van der Waals surface area contributed by atoms with Crippen molar-refractivity contribution in [3.05, 3.63) is 59.2 Å². The number of aryl methyl sites for hydroxylation is 2. The third-order valence-corrected chi connectivity index (χ3v) is 2.48. The lowest BCUT2D eigenvalue weighted by Crippen LogP contribution is -1.77. The van der Waals surface area contributed by atoms with Crippen LogP contribution in [0, 0.1) is 6.92 Å². The molecule has 0 fully saturated rings. The van der Waals surface area contributed by atoms with Gasteiger partial charge in [-0.1, -0.05) is 81.3 Å². The van der Waals surface area contributed by atoms with Gasteiger partial charge in [-0.25, -0.2) is 0 Å². The van der Waals surface area contributed by atoms with Crippen molar-refractivity contribution in [3.8, 4) is 0 Å². The van der Waals surface area contributed by atoms with Crippen LogP contribution in [0.3, 0.4) is 0 Å². The van der Waals surface area contributed by atoms with E-state index in [1.807, 2.05) is 20.8 Å². The molecule has 1 rings (SSSR count). The van der Waals surface area contributed by atoms with Crippen molar-refractivity contribution in [2.75, 3.05) is 0 Å². The van der Waals surface area contributed by atoms with Gasteiger partial charge >= 0.3 is 0 Å².